The van der Waals surface area contributed by atoms with Crippen LogP contribution in [-0.4, -0.2) is 36.2 Å². The molecule has 134 valence electrons. The smallest absolute Gasteiger partial charge is 0.243 e. The first-order chi connectivity index (χ1) is 12.0. The molecule has 0 spiro atoms. The molecule has 1 aliphatic heterocycles. The van der Waals surface area contributed by atoms with E-state index in [0.717, 1.165) is 18.5 Å². The third-order valence-corrected chi connectivity index (χ3v) is 7.05. The van der Waals surface area contributed by atoms with Gasteiger partial charge in [0.25, 0.3) is 0 Å². The van der Waals surface area contributed by atoms with E-state index in [9.17, 15) is 13.2 Å². The molecular weight excluding hydrogens is 358 g/mol. The second kappa shape index (κ2) is 7.63. The van der Waals surface area contributed by atoms with Crippen LogP contribution < -0.4 is 5.32 Å². The summed E-state index contributed by atoms with van der Waals surface area (Å²) in [5.74, 6) is -0.200. The molecule has 1 saturated heterocycles. The number of nitrogens with one attached hydrogen (secondary N) is 1. The van der Waals surface area contributed by atoms with E-state index in [-0.39, 0.29) is 23.3 Å². The van der Waals surface area contributed by atoms with Crippen molar-refractivity contribution in [2.45, 2.75) is 43.5 Å². The maximum Gasteiger partial charge on any atom is 0.243 e. The number of sulfonamides is 1. The number of hydrogen-bond acceptors (Lipinski definition) is 5. The Bertz CT molecular complexity index is 834. The Morgan fingerprint density at radius 3 is 2.76 bits per heavy atom. The molecular formula is C17H21N3O3S2. The van der Waals surface area contributed by atoms with E-state index in [1.165, 1.54) is 15.6 Å². The average molecular weight is 380 g/mol. The highest BCUT2D eigenvalue weighted by molar-refractivity contribution is 7.89. The number of carbonyl (C=O) groups is 1. The minimum Gasteiger partial charge on any atom is -0.302 e. The summed E-state index contributed by atoms with van der Waals surface area (Å²) in [6.45, 7) is 2.31. The van der Waals surface area contributed by atoms with E-state index in [1.807, 2.05) is 12.3 Å². The molecule has 1 atom stereocenters. The number of aromatic nitrogens is 1. The van der Waals surface area contributed by atoms with Crippen molar-refractivity contribution in [3.8, 4) is 0 Å². The summed E-state index contributed by atoms with van der Waals surface area (Å²) in [7, 11) is -3.59. The van der Waals surface area contributed by atoms with E-state index in [2.05, 4.69) is 10.3 Å². The van der Waals surface area contributed by atoms with Gasteiger partial charge in [-0.1, -0.05) is 24.6 Å². The Balaban J connectivity index is 1.73. The summed E-state index contributed by atoms with van der Waals surface area (Å²) >= 11 is 1.37. The monoisotopic (exact) mass is 379 g/mol. The standard InChI is InChI=1S/C17H21N3O3S2/c1-13-12-24-17(18-13)19-16(21)11-14-7-5-6-10-20(14)25(22,23)15-8-3-2-4-9-15/h2-4,8-9,12,14H,5-7,10-11H2,1H3,(H,18,19,21). The maximum absolute atomic E-state index is 12.9. The molecule has 1 aromatic heterocycles. The highest BCUT2D eigenvalue weighted by Gasteiger charge is 2.34. The van der Waals surface area contributed by atoms with Gasteiger partial charge >= 0.3 is 0 Å². The van der Waals surface area contributed by atoms with E-state index < -0.39 is 10.0 Å². The van der Waals surface area contributed by atoms with Crippen LogP contribution in [0.15, 0.2) is 40.6 Å². The summed E-state index contributed by atoms with van der Waals surface area (Å²) in [5, 5.41) is 5.18. The number of carbonyl (C=O) groups excluding carboxylic acids is 1. The van der Waals surface area contributed by atoms with Crippen LogP contribution in [0.2, 0.25) is 0 Å². The predicted molar refractivity (Wildman–Crippen MR) is 98.1 cm³/mol. The summed E-state index contributed by atoms with van der Waals surface area (Å²) < 4.78 is 27.3. The van der Waals surface area contributed by atoms with Crippen LogP contribution in [0.1, 0.15) is 31.4 Å². The lowest BCUT2D eigenvalue weighted by atomic mass is 10.0. The molecule has 1 aliphatic rings. The zero-order chi connectivity index (χ0) is 17.9. The first-order valence-electron chi connectivity index (χ1n) is 8.26. The fraction of sp³-hybridized carbons (Fsp3) is 0.412. The Kier molecular flexibility index (Phi) is 5.51. The summed E-state index contributed by atoms with van der Waals surface area (Å²) in [5.41, 5.74) is 0.853. The van der Waals surface area contributed by atoms with Gasteiger partial charge in [-0.3, -0.25) is 4.79 Å². The fourth-order valence-electron chi connectivity index (χ4n) is 3.02. The third kappa shape index (κ3) is 4.26. The quantitative estimate of drug-likeness (QED) is 0.866. The molecule has 1 amide bonds. The molecule has 25 heavy (non-hydrogen) atoms. The highest BCUT2D eigenvalue weighted by Crippen LogP contribution is 2.27. The Hall–Kier alpha value is -1.77. The van der Waals surface area contributed by atoms with E-state index >= 15 is 0 Å². The van der Waals surface area contributed by atoms with E-state index in [4.69, 9.17) is 0 Å². The molecule has 1 unspecified atom stereocenters. The molecule has 1 fully saturated rings. The van der Waals surface area contributed by atoms with Crippen molar-refractivity contribution in [2.75, 3.05) is 11.9 Å². The van der Waals surface area contributed by atoms with Crippen LogP contribution in [0.25, 0.3) is 0 Å². The number of piperidine rings is 1. The Morgan fingerprint density at radius 2 is 2.08 bits per heavy atom. The van der Waals surface area contributed by atoms with Crippen LogP contribution in [0.5, 0.6) is 0 Å². The lowest BCUT2D eigenvalue weighted by molar-refractivity contribution is -0.117. The molecule has 2 heterocycles. The van der Waals surface area contributed by atoms with Gasteiger partial charge in [0, 0.05) is 24.4 Å². The average Bonchev–Trinajstić information content (AvgIpc) is 3.00. The molecule has 0 bridgehead atoms. The lowest BCUT2D eigenvalue weighted by Gasteiger charge is -2.34. The van der Waals surface area contributed by atoms with Gasteiger partial charge in [-0.15, -0.1) is 11.3 Å². The van der Waals surface area contributed by atoms with Gasteiger partial charge < -0.3 is 5.32 Å². The van der Waals surface area contributed by atoms with Gasteiger partial charge in [-0.25, -0.2) is 13.4 Å². The molecule has 1 N–H and O–H groups in total. The number of aryl methyl sites for hydroxylation is 1. The summed E-state index contributed by atoms with van der Waals surface area (Å²) in [6, 6.07) is 8.09. The number of nitrogens with zero attached hydrogens (tertiary/aromatic N) is 2. The topological polar surface area (TPSA) is 79.4 Å². The van der Waals surface area contributed by atoms with Gasteiger partial charge in [-0.05, 0) is 31.9 Å². The zero-order valence-corrected chi connectivity index (χ0v) is 15.6. The van der Waals surface area contributed by atoms with Crippen molar-refractivity contribution in [3.05, 3.63) is 41.4 Å². The Labute approximate surface area is 151 Å². The first-order valence-corrected chi connectivity index (χ1v) is 10.6. The molecule has 6 nitrogen and oxygen atoms in total. The minimum absolute atomic E-state index is 0.144. The second-order valence-electron chi connectivity index (χ2n) is 6.12. The van der Waals surface area contributed by atoms with Gasteiger partial charge in [0.05, 0.1) is 10.6 Å². The van der Waals surface area contributed by atoms with E-state index in [1.54, 1.807) is 30.3 Å². The van der Waals surface area contributed by atoms with Crippen LogP contribution >= 0.6 is 11.3 Å². The van der Waals surface area contributed by atoms with Crippen molar-refractivity contribution >= 4 is 32.4 Å². The maximum atomic E-state index is 12.9. The molecule has 1 aromatic carbocycles. The molecule has 0 radical (unpaired) electrons. The predicted octanol–water partition coefficient (Wildman–Crippen LogP) is 3.02. The Morgan fingerprint density at radius 1 is 1.32 bits per heavy atom. The normalized spacial score (nSPS) is 18.8. The van der Waals surface area contributed by atoms with Crippen molar-refractivity contribution in [3.63, 3.8) is 0 Å². The van der Waals surface area contributed by atoms with Crippen molar-refractivity contribution in [2.24, 2.45) is 0 Å². The second-order valence-corrected chi connectivity index (χ2v) is 8.87. The fourth-order valence-corrected chi connectivity index (χ4v) is 5.44. The largest absolute Gasteiger partial charge is 0.302 e. The van der Waals surface area contributed by atoms with Gasteiger partial charge in [0.1, 0.15) is 0 Å². The van der Waals surface area contributed by atoms with Crippen LogP contribution in [0.3, 0.4) is 0 Å². The van der Waals surface area contributed by atoms with Crippen molar-refractivity contribution in [1.82, 2.24) is 9.29 Å². The summed E-state index contributed by atoms with van der Waals surface area (Å²) in [6.07, 6.45) is 2.58. The van der Waals surface area contributed by atoms with Gasteiger partial charge in [-0.2, -0.15) is 4.31 Å². The van der Waals surface area contributed by atoms with Crippen LogP contribution in [0, 0.1) is 6.92 Å². The first kappa shape index (κ1) is 18.0. The molecule has 3 rings (SSSR count). The number of anilines is 1. The summed E-state index contributed by atoms with van der Waals surface area (Å²) in [4.78, 5) is 16.8. The van der Waals surface area contributed by atoms with Gasteiger partial charge in [0.15, 0.2) is 5.13 Å². The van der Waals surface area contributed by atoms with Crippen molar-refractivity contribution in [1.29, 1.82) is 0 Å². The highest BCUT2D eigenvalue weighted by atomic mass is 32.2. The van der Waals surface area contributed by atoms with Crippen LogP contribution in [0.4, 0.5) is 5.13 Å². The number of hydrogen-bond donors (Lipinski definition) is 1. The molecule has 8 heteroatoms. The van der Waals surface area contributed by atoms with Crippen LogP contribution in [-0.2, 0) is 14.8 Å². The third-order valence-electron chi connectivity index (χ3n) is 4.21. The van der Waals surface area contributed by atoms with Gasteiger partial charge in [0.2, 0.25) is 15.9 Å². The molecule has 2 aromatic rings. The molecule has 0 saturated carbocycles. The minimum atomic E-state index is -3.59. The molecule has 0 aliphatic carbocycles. The lowest BCUT2D eigenvalue weighted by Crippen LogP contribution is -2.45. The van der Waals surface area contributed by atoms with E-state index in [0.29, 0.717) is 18.1 Å². The number of benzene rings is 1. The number of amides is 1. The zero-order valence-electron chi connectivity index (χ0n) is 14.0. The number of thiazole rings is 1. The van der Waals surface area contributed by atoms with Crippen molar-refractivity contribution < 1.29 is 13.2 Å². The number of rotatable bonds is 5. The SMILES string of the molecule is Cc1csc(NC(=O)CC2CCCCN2S(=O)(=O)c2ccccc2)n1.